The summed E-state index contributed by atoms with van der Waals surface area (Å²) in [6.07, 6.45) is 0.449. The zero-order chi connectivity index (χ0) is 10.5. The van der Waals surface area contributed by atoms with Gasteiger partial charge in [0.25, 0.3) is 0 Å². The lowest BCUT2D eigenvalue weighted by atomic mass is 10.2. The summed E-state index contributed by atoms with van der Waals surface area (Å²) in [6, 6.07) is 0. The molecule has 7 heteroatoms. The van der Waals surface area contributed by atoms with Gasteiger partial charge in [-0.05, 0) is 12.8 Å². The highest BCUT2D eigenvalue weighted by molar-refractivity contribution is 7.46. The molecule has 0 fully saturated rings. The van der Waals surface area contributed by atoms with Crippen LogP contribution < -0.4 is 0 Å². The summed E-state index contributed by atoms with van der Waals surface area (Å²) in [4.78, 5) is 27.2. The molecule has 0 amide bonds. The van der Waals surface area contributed by atoms with Crippen LogP contribution in [0, 0.1) is 0 Å². The Kier molecular flexibility index (Phi) is 4.87. The van der Waals surface area contributed by atoms with Gasteiger partial charge in [0.05, 0.1) is 0 Å². The van der Waals surface area contributed by atoms with Crippen LogP contribution in [0.3, 0.4) is 0 Å². The molecule has 0 saturated heterocycles. The molecule has 76 valence electrons. The summed E-state index contributed by atoms with van der Waals surface area (Å²) in [7, 11) is -4.78. The minimum Gasteiger partial charge on any atom is -0.396 e. The van der Waals surface area contributed by atoms with E-state index in [-0.39, 0.29) is 18.6 Å². The van der Waals surface area contributed by atoms with Gasteiger partial charge in [-0.15, -0.1) is 0 Å². The van der Waals surface area contributed by atoms with Gasteiger partial charge >= 0.3 is 13.8 Å². The van der Waals surface area contributed by atoms with Crippen LogP contribution in [0.1, 0.15) is 12.8 Å². The molecule has 0 aliphatic heterocycles. The summed E-state index contributed by atoms with van der Waals surface area (Å²) in [5.41, 5.74) is -0.0719. The Bertz CT molecular complexity index is 242. The fourth-order valence-electron chi connectivity index (χ4n) is 0.567. The van der Waals surface area contributed by atoms with Gasteiger partial charge < -0.3 is 9.63 Å². The van der Waals surface area contributed by atoms with E-state index in [0.717, 1.165) is 0 Å². The van der Waals surface area contributed by atoms with Gasteiger partial charge in [-0.3, -0.25) is 9.79 Å². The van der Waals surface area contributed by atoms with E-state index in [1.165, 1.54) is 0 Å². The molecule has 0 saturated carbocycles. The second-order valence-corrected chi connectivity index (χ2v) is 3.46. The van der Waals surface area contributed by atoms with Crippen molar-refractivity contribution in [1.82, 2.24) is 0 Å². The molecule has 6 nitrogen and oxygen atoms in total. The molecular formula is C6H11O6P. The van der Waals surface area contributed by atoms with Gasteiger partial charge in [-0.1, -0.05) is 6.58 Å². The van der Waals surface area contributed by atoms with Crippen LogP contribution in [0.25, 0.3) is 0 Å². The SMILES string of the molecule is C=C(CCCO)C(=O)OP(=O)(O)O. The first-order valence-corrected chi connectivity index (χ1v) is 4.98. The molecule has 0 aliphatic rings. The second kappa shape index (κ2) is 5.14. The number of rotatable bonds is 5. The van der Waals surface area contributed by atoms with Gasteiger partial charge in [0.15, 0.2) is 0 Å². The number of hydrogen-bond acceptors (Lipinski definition) is 4. The standard InChI is InChI=1S/C6H11O6P/c1-5(3-2-4-7)6(8)12-13(9,10)11/h7H,1-4H2,(H2,9,10,11). The monoisotopic (exact) mass is 210 g/mol. The molecule has 0 radical (unpaired) electrons. The van der Waals surface area contributed by atoms with Gasteiger partial charge in [0.2, 0.25) is 0 Å². The lowest BCUT2D eigenvalue weighted by molar-refractivity contribution is -0.131. The van der Waals surface area contributed by atoms with Gasteiger partial charge in [0, 0.05) is 12.2 Å². The molecule has 0 aromatic rings. The predicted octanol–water partition coefficient (Wildman–Crippen LogP) is -0.0490. The fraction of sp³-hybridized carbons (Fsp3) is 0.500. The molecule has 0 bridgehead atoms. The Morgan fingerprint density at radius 2 is 2.00 bits per heavy atom. The maximum atomic E-state index is 10.8. The van der Waals surface area contributed by atoms with Crippen molar-refractivity contribution in [3.05, 3.63) is 12.2 Å². The summed E-state index contributed by atoms with van der Waals surface area (Å²) >= 11 is 0. The molecule has 0 unspecified atom stereocenters. The van der Waals surface area contributed by atoms with E-state index in [1.54, 1.807) is 0 Å². The third-order valence-corrected chi connectivity index (χ3v) is 1.53. The van der Waals surface area contributed by atoms with Crippen molar-refractivity contribution in [2.24, 2.45) is 0 Å². The molecule has 0 heterocycles. The van der Waals surface area contributed by atoms with Crippen molar-refractivity contribution in [1.29, 1.82) is 0 Å². The van der Waals surface area contributed by atoms with E-state index in [2.05, 4.69) is 11.1 Å². The van der Waals surface area contributed by atoms with Crippen molar-refractivity contribution in [3.8, 4) is 0 Å². The second-order valence-electron chi connectivity index (χ2n) is 2.30. The van der Waals surface area contributed by atoms with E-state index >= 15 is 0 Å². The zero-order valence-electron chi connectivity index (χ0n) is 6.84. The van der Waals surface area contributed by atoms with Crippen LogP contribution in [0.5, 0.6) is 0 Å². The number of phosphoric ester groups is 1. The van der Waals surface area contributed by atoms with Crippen LogP contribution in [0.2, 0.25) is 0 Å². The molecule has 0 aromatic carbocycles. The third-order valence-electron chi connectivity index (χ3n) is 1.13. The molecule has 0 spiro atoms. The summed E-state index contributed by atoms with van der Waals surface area (Å²) in [5, 5.41) is 8.38. The Morgan fingerprint density at radius 1 is 1.46 bits per heavy atom. The lowest BCUT2D eigenvalue weighted by Gasteiger charge is -2.06. The zero-order valence-corrected chi connectivity index (χ0v) is 7.74. The lowest BCUT2D eigenvalue weighted by Crippen LogP contribution is -2.05. The highest BCUT2D eigenvalue weighted by atomic mass is 31.2. The average molecular weight is 210 g/mol. The summed E-state index contributed by atoms with van der Waals surface area (Å²) < 4.78 is 13.9. The maximum absolute atomic E-state index is 10.8. The van der Waals surface area contributed by atoms with Crippen LogP contribution in [-0.2, 0) is 13.9 Å². The average Bonchev–Trinajstić information content (AvgIpc) is 1.96. The first-order valence-electron chi connectivity index (χ1n) is 3.45. The van der Waals surface area contributed by atoms with Gasteiger partial charge in [0.1, 0.15) is 0 Å². The molecule has 0 rings (SSSR count). The fourth-order valence-corrected chi connectivity index (χ4v) is 0.912. The number of carbonyl (C=O) groups is 1. The highest BCUT2D eigenvalue weighted by Gasteiger charge is 2.21. The smallest absolute Gasteiger partial charge is 0.396 e. The molecule has 13 heavy (non-hydrogen) atoms. The number of aliphatic hydroxyl groups is 1. The highest BCUT2D eigenvalue weighted by Crippen LogP contribution is 2.36. The molecular weight excluding hydrogens is 199 g/mol. The van der Waals surface area contributed by atoms with Crippen molar-refractivity contribution >= 4 is 13.8 Å². The van der Waals surface area contributed by atoms with E-state index in [1.807, 2.05) is 0 Å². The topological polar surface area (TPSA) is 104 Å². The Morgan fingerprint density at radius 3 is 2.38 bits per heavy atom. The third kappa shape index (κ3) is 6.48. The minimum atomic E-state index is -4.78. The Balaban J connectivity index is 3.98. The predicted molar refractivity (Wildman–Crippen MR) is 43.6 cm³/mol. The first-order chi connectivity index (χ1) is 5.87. The van der Waals surface area contributed by atoms with Crippen molar-refractivity contribution in [3.63, 3.8) is 0 Å². The Hall–Kier alpha value is -0.680. The van der Waals surface area contributed by atoms with Gasteiger partial charge in [-0.2, -0.15) is 0 Å². The van der Waals surface area contributed by atoms with E-state index < -0.39 is 13.8 Å². The van der Waals surface area contributed by atoms with E-state index in [9.17, 15) is 9.36 Å². The molecule has 0 aliphatic carbocycles. The summed E-state index contributed by atoms with van der Waals surface area (Å²) in [6.45, 7) is 3.12. The van der Waals surface area contributed by atoms with Crippen molar-refractivity contribution in [2.45, 2.75) is 12.8 Å². The molecule has 0 aromatic heterocycles. The van der Waals surface area contributed by atoms with Crippen LogP contribution >= 0.6 is 7.82 Å². The first kappa shape index (κ1) is 12.3. The number of carbonyl (C=O) groups excluding carboxylic acids is 1. The molecule has 3 N–H and O–H groups in total. The number of hydrogen-bond donors (Lipinski definition) is 3. The van der Waals surface area contributed by atoms with Crippen molar-refractivity contribution < 1.29 is 28.8 Å². The van der Waals surface area contributed by atoms with Gasteiger partial charge in [-0.25, -0.2) is 9.36 Å². The molecule has 0 atom stereocenters. The normalized spacial score (nSPS) is 11.0. The quantitative estimate of drug-likeness (QED) is 0.434. The largest absolute Gasteiger partial charge is 0.527 e. The van der Waals surface area contributed by atoms with Crippen LogP contribution in [0.15, 0.2) is 12.2 Å². The van der Waals surface area contributed by atoms with E-state index in [0.29, 0.717) is 6.42 Å². The number of phosphoric acid groups is 1. The van der Waals surface area contributed by atoms with Crippen molar-refractivity contribution in [2.75, 3.05) is 6.61 Å². The number of aliphatic hydroxyl groups excluding tert-OH is 1. The summed E-state index contributed by atoms with van der Waals surface area (Å²) in [5.74, 6) is -1.14. The Labute approximate surface area is 75.1 Å². The maximum Gasteiger partial charge on any atom is 0.527 e. The van der Waals surface area contributed by atoms with Crippen LogP contribution in [0.4, 0.5) is 0 Å². The minimum absolute atomic E-state index is 0.0719. The van der Waals surface area contributed by atoms with Crippen LogP contribution in [-0.4, -0.2) is 27.5 Å². The van der Waals surface area contributed by atoms with E-state index in [4.69, 9.17) is 14.9 Å².